The number of hydrogen-bond acceptors (Lipinski definition) is 7. The number of methoxy groups -OCH3 is 1. The highest BCUT2D eigenvalue weighted by molar-refractivity contribution is 7.17. The summed E-state index contributed by atoms with van der Waals surface area (Å²) < 4.78 is 9.63. The van der Waals surface area contributed by atoms with Gasteiger partial charge >= 0.3 is 5.97 Å². The lowest BCUT2D eigenvalue weighted by Crippen LogP contribution is -2.10. The zero-order chi connectivity index (χ0) is 16.2. The first-order chi connectivity index (χ1) is 11.2. The first-order valence-electron chi connectivity index (χ1n) is 6.55. The van der Waals surface area contributed by atoms with Crippen LogP contribution in [0.5, 0.6) is 0 Å². The standard InChI is InChI=1S/C15H11N3O4S/c1-21-14(20)12-8-16-15(23-12)17-13(19)11-7-10(18-22-11)9-5-3-2-4-6-9/h2-8H,1H3,(H,16,17,19). The minimum atomic E-state index is -0.506. The Morgan fingerprint density at radius 3 is 2.78 bits per heavy atom. The van der Waals surface area contributed by atoms with Gasteiger partial charge in [-0.2, -0.15) is 0 Å². The van der Waals surface area contributed by atoms with Crippen LogP contribution in [-0.2, 0) is 4.74 Å². The molecule has 0 saturated heterocycles. The molecule has 0 atom stereocenters. The molecule has 8 heteroatoms. The Bertz CT molecular complexity index is 841. The first-order valence-corrected chi connectivity index (χ1v) is 7.36. The van der Waals surface area contributed by atoms with Gasteiger partial charge in [-0.1, -0.05) is 46.8 Å². The topological polar surface area (TPSA) is 94.3 Å². The van der Waals surface area contributed by atoms with E-state index >= 15 is 0 Å². The summed E-state index contributed by atoms with van der Waals surface area (Å²) in [6.45, 7) is 0. The van der Waals surface area contributed by atoms with Gasteiger partial charge in [-0.05, 0) is 0 Å². The Hall–Kier alpha value is -3.00. The predicted molar refractivity (Wildman–Crippen MR) is 83.3 cm³/mol. The fourth-order valence-electron chi connectivity index (χ4n) is 1.81. The molecule has 0 aliphatic carbocycles. The number of rotatable bonds is 4. The number of amides is 1. The largest absolute Gasteiger partial charge is 0.465 e. The maximum atomic E-state index is 12.1. The van der Waals surface area contributed by atoms with Gasteiger partial charge < -0.3 is 9.26 Å². The van der Waals surface area contributed by atoms with Crippen molar-refractivity contribution in [3.8, 4) is 11.3 Å². The average Bonchev–Trinajstić information content (AvgIpc) is 3.24. The van der Waals surface area contributed by atoms with Crippen molar-refractivity contribution in [3.63, 3.8) is 0 Å². The highest BCUT2D eigenvalue weighted by Gasteiger charge is 2.17. The fourth-order valence-corrected chi connectivity index (χ4v) is 2.54. The van der Waals surface area contributed by atoms with Gasteiger partial charge in [0.05, 0.1) is 13.3 Å². The Balaban J connectivity index is 1.73. The van der Waals surface area contributed by atoms with Crippen molar-refractivity contribution in [1.29, 1.82) is 0 Å². The molecule has 1 amide bonds. The van der Waals surface area contributed by atoms with E-state index < -0.39 is 11.9 Å². The molecule has 3 aromatic rings. The molecule has 0 bridgehead atoms. The summed E-state index contributed by atoms with van der Waals surface area (Å²) in [5, 5.41) is 6.69. The normalized spacial score (nSPS) is 10.3. The van der Waals surface area contributed by atoms with E-state index in [1.54, 1.807) is 6.07 Å². The Morgan fingerprint density at radius 2 is 2.04 bits per heavy atom. The van der Waals surface area contributed by atoms with E-state index in [0.717, 1.165) is 16.9 Å². The van der Waals surface area contributed by atoms with Crippen LogP contribution in [0.25, 0.3) is 11.3 Å². The van der Waals surface area contributed by atoms with E-state index in [0.29, 0.717) is 10.6 Å². The molecule has 116 valence electrons. The van der Waals surface area contributed by atoms with Gasteiger partial charge in [0, 0.05) is 11.6 Å². The third-order valence-corrected chi connectivity index (χ3v) is 3.81. The number of nitrogens with zero attached hydrogens (tertiary/aromatic N) is 2. The molecule has 1 aromatic carbocycles. The van der Waals surface area contributed by atoms with Crippen LogP contribution in [0.2, 0.25) is 0 Å². The van der Waals surface area contributed by atoms with Crippen molar-refractivity contribution in [2.75, 3.05) is 12.4 Å². The van der Waals surface area contributed by atoms with Crippen molar-refractivity contribution in [2.24, 2.45) is 0 Å². The van der Waals surface area contributed by atoms with E-state index in [2.05, 4.69) is 20.2 Å². The molecule has 3 rings (SSSR count). The van der Waals surface area contributed by atoms with Crippen LogP contribution in [0.4, 0.5) is 5.13 Å². The molecule has 0 unspecified atom stereocenters. The third kappa shape index (κ3) is 3.27. The Kier molecular flexibility index (Phi) is 4.15. The van der Waals surface area contributed by atoms with E-state index in [1.807, 2.05) is 30.3 Å². The summed E-state index contributed by atoms with van der Waals surface area (Å²) in [6, 6.07) is 10.9. The SMILES string of the molecule is COC(=O)c1cnc(NC(=O)c2cc(-c3ccccc3)no2)s1. The molecule has 0 fully saturated rings. The molecular formula is C15H11N3O4S. The van der Waals surface area contributed by atoms with Crippen LogP contribution in [0.1, 0.15) is 20.2 Å². The second-order valence-corrected chi connectivity index (χ2v) is 5.45. The Morgan fingerprint density at radius 1 is 1.26 bits per heavy atom. The van der Waals surface area contributed by atoms with Crippen molar-refractivity contribution in [2.45, 2.75) is 0 Å². The van der Waals surface area contributed by atoms with Crippen LogP contribution < -0.4 is 5.32 Å². The van der Waals surface area contributed by atoms with Crippen molar-refractivity contribution in [1.82, 2.24) is 10.1 Å². The van der Waals surface area contributed by atoms with Crippen molar-refractivity contribution < 1.29 is 18.8 Å². The molecule has 23 heavy (non-hydrogen) atoms. The number of ether oxygens (including phenoxy) is 1. The van der Waals surface area contributed by atoms with E-state index in [-0.39, 0.29) is 10.9 Å². The van der Waals surface area contributed by atoms with Gasteiger partial charge in [0.25, 0.3) is 5.91 Å². The summed E-state index contributed by atoms with van der Waals surface area (Å²) >= 11 is 1.01. The molecule has 0 aliphatic rings. The number of hydrogen-bond donors (Lipinski definition) is 1. The summed E-state index contributed by atoms with van der Waals surface area (Å²) in [5.74, 6) is -0.946. The molecule has 2 heterocycles. The van der Waals surface area contributed by atoms with Crippen LogP contribution in [-0.4, -0.2) is 29.1 Å². The lowest BCUT2D eigenvalue weighted by Gasteiger charge is -1.96. The van der Waals surface area contributed by atoms with Crippen LogP contribution in [0, 0.1) is 0 Å². The second-order valence-electron chi connectivity index (χ2n) is 4.42. The molecule has 2 aromatic heterocycles. The number of aromatic nitrogens is 2. The molecule has 1 N–H and O–H groups in total. The van der Waals surface area contributed by atoms with Gasteiger partial charge in [-0.25, -0.2) is 9.78 Å². The number of nitrogens with one attached hydrogen (secondary N) is 1. The minimum absolute atomic E-state index is 0.0543. The van der Waals surface area contributed by atoms with Gasteiger partial charge in [-0.3, -0.25) is 10.1 Å². The number of anilines is 1. The smallest absolute Gasteiger partial charge is 0.349 e. The van der Waals surface area contributed by atoms with E-state index in [1.165, 1.54) is 13.3 Å². The number of carbonyl (C=O) groups excluding carboxylic acids is 2. The summed E-state index contributed by atoms with van der Waals surface area (Å²) in [5.41, 5.74) is 1.41. The minimum Gasteiger partial charge on any atom is -0.465 e. The predicted octanol–water partition coefficient (Wildman–Crippen LogP) is 2.84. The van der Waals surface area contributed by atoms with Crippen molar-refractivity contribution >= 4 is 28.3 Å². The van der Waals surface area contributed by atoms with Gasteiger partial charge in [0.15, 0.2) is 5.13 Å². The third-order valence-electron chi connectivity index (χ3n) is 2.92. The average molecular weight is 329 g/mol. The fraction of sp³-hybridized carbons (Fsp3) is 0.0667. The van der Waals surface area contributed by atoms with E-state index in [4.69, 9.17) is 4.52 Å². The summed E-state index contributed by atoms with van der Waals surface area (Å²) in [4.78, 5) is 27.7. The van der Waals surface area contributed by atoms with Crippen molar-refractivity contribution in [3.05, 3.63) is 53.2 Å². The Labute approximate surface area is 134 Å². The summed E-state index contributed by atoms with van der Waals surface area (Å²) in [6.07, 6.45) is 1.34. The zero-order valence-corrected chi connectivity index (χ0v) is 12.8. The molecule has 0 aliphatic heterocycles. The maximum Gasteiger partial charge on any atom is 0.349 e. The van der Waals surface area contributed by atoms with Crippen LogP contribution in [0.15, 0.2) is 47.1 Å². The zero-order valence-electron chi connectivity index (χ0n) is 12.0. The van der Waals surface area contributed by atoms with Gasteiger partial charge in [0.2, 0.25) is 5.76 Å². The highest BCUT2D eigenvalue weighted by Crippen LogP contribution is 2.22. The number of carbonyl (C=O) groups is 2. The second kappa shape index (κ2) is 6.41. The number of benzene rings is 1. The lowest BCUT2D eigenvalue weighted by atomic mass is 10.1. The van der Waals surface area contributed by atoms with Crippen LogP contribution in [0.3, 0.4) is 0 Å². The highest BCUT2D eigenvalue weighted by atomic mass is 32.1. The molecule has 0 spiro atoms. The molecular weight excluding hydrogens is 318 g/mol. The number of esters is 1. The van der Waals surface area contributed by atoms with Gasteiger partial charge in [-0.15, -0.1) is 0 Å². The summed E-state index contributed by atoms with van der Waals surface area (Å²) in [7, 11) is 1.28. The van der Waals surface area contributed by atoms with E-state index in [9.17, 15) is 9.59 Å². The molecule has 0 radical (unpaired) electrons. The number of thiazole rings is 1. The molecule has 7 nitrogen and oxygen atoms in total. The monoisotopic (exact) mass is 329 g/mol. The van der Waals surface area contributed by atoms with Crippen LogP contribution >= 0.6 is 11.3 Å². The first kappa shape index (κ1) is 14.9. The molecule has 0 saturated carbocycles. The lowest BCUT2D eigenvalue weighted by molar-refractivity contribution is 0.0606. The maximum absolute atomic E-state index is 12.1. The quantitative estimate of drug-likeness (QED) is 0.740. The van der Waals surface area contributed by atoms with Gasteiger partial charge in [0.1, 0.15) is 10.6 Å².